The van der Waals surface area contributed by atoms with Gasteiger partial charge in [0.2, 0.25) is 0 Å². The van der Waals surface area contributed by atoms with E-state index in [2.05, 4.69) is 25.7 Å². The number of hydrogen-bond donors (Lipinski definition) is 1. The van der Waals surface area contributed by atoms with Gasteiger partial charge in [-0.25, -0.2) is 9.78 Å². The lowest BCUT2D eigenvalue weighted by molar-refractivity contribution is -0.142. The molecule has 1 aromatic heterocycles. The Kier molecular flexibility index (Phi) is 3.39. The molecule has 0 amide bonds. The van der Waals surface area contributed by atoms with Gasteiger partial charge in [0.05, 0.1) is 12.8 Å². The molecule has 0 bridgehead atoms. The van der Waals surface area contributed by atoms with E-state index < -0.39 is 12.0 Å². The third-order valence-corrected chi connectivity index (χ3v) is 1.95. The zero-order valence-electron chi connectivity index (χ0n) is 7.03. The van der Waals surface area contributed by atoms with E-state index in [9.17, 15) is 4.79 Å². The molecule has 0 aliphatic heterocycles. The van der Waals surface area contributed by atoms with Crippen LogP contribution in [0.3, 0.4) is 0 Å². The maximum absolute atomic E-state index is 11.0. The minimum atomic E-state index is -0.817. The van der Waals surface area contributed by atoms with Crippen LogP contribution in [0.5, 0.6) is 0 Å². The summed E-state index contributed by atoms with van der Waals surface area (Å²) in [6.45, 7) is 0. The lowest BCUT2D eigenvalue weighted by Crippen LogP contribution is -2.23. The van der Waals surface area contributed by atoms with E-state index in [4.69, 9.17) is 5.73 Å². The molecular formula is C8H9BrN2O2. The molecule has 0 saturated carbocycles. The number of rotatable bonds is 2. The number of methoxy groups -OCH3 is 1. The van der Waals surface area contributed by atoms with Crippen LogP contribution in [0, 0.1) is 0 Å². The van der Waals surface area contributed by atoms with Crippen molar-refractivity contribution in [3.8, 4) is 0 Å². The molecule has 0 aliphatic carbocycles. The van der Waals surface area contributed by atoms with Crippen LogP contribution < -0.4 is 5.73 Å². The first-order valence-corrected chi connectivity index (χ1v) is 4.40. The van der Waals surface area contributed by atoms with Crippen molar-refractivity contribution in [3.05, 3.63) is 28.5 Å². The molecule has 0 aliphatic rings. The van der Waals surface area contributed by atoms with Crippen LogP contribution in [0.15, 0.2) is 22.8 Å². The zero-order chi connectivity index (χ0) is 9.84. The topological polar surface area (TPSA) is 65.2 Å². The minimum absolute atomic E-state index is 0.487. The fourth-order valence-electron chi connectivity index (χ4n) is 0.845. The maximum atomic E-state index is 11.0. The molecule has 2 N–H and O–H groups in total. The van der Waals surface area contributed by atoms with Crippen LogP contribution in [-0.4, -0.2) is 18.1 Å². The van der Waals surface area contributed by atoms with E-state index >= 15 is 0 Å². The van der Waals surface area contributed by atoms with E-state index in [1.54, 1.807) is 18.2 Å². The standard InChI is InChI=1S/C8H9BrN2O2/c1-13-8(12)7(10)5-3-2-4-6(9)11-5/h2-4,7H,10H2,1H3. The van der Waals surface area contributed by atoms with Gasteiger partial charge < -0.3 is 10.5 Å². The van der Waals surface area contributed by atoms with Crippen molar-refractivity contribution in [3.63, 3.8) is 0 Å². The second kappa shape index (κ2) is 4.34. The molecule has 13 heavy (non-hydrogen) atoms. The van der Waals surface area contributed by atoms with Crippen molar-refractivity contribution in [2.45, 2.75) is 6.04 Å². The van der Waals surface area contributed by atoms with Crippen molar-refractivity contribution in [1.29, 1.82) is 0 Å². The summed E-state index contributed by atoms with van der Waals surface area (Å²) in [6.07, 6.45) is 0. The normalized spacial score (nSPS) is 12.2. The molecule has 4 nitrogen and oxygen atoms in total. The summed E-state index contributed by atoms with van der Waals surface area (Å²) in [5.41, 5.74) is 6.05. The highest BCUT2D eigenvalue weighted by atomic mass is 79.9. The molecule has 1 unspecified atom stereocenters. The monoisotopic (exact) mass is 244 g/mol. The van der Waals surface area contributed by atoms with E-state index in [0.717, 1.165) is 0 Å². The third-order valence-electron chi connectivity index (χ3n) is 1.51. The number of ether oxygens (including phenoxy) is 1. The Morgan fingerprint density at radius 3 is 2.92 bits per heavy atom. The number of halogens is 1. The van der Waals surface area contributed by atoms with Crippen LogP contribution in [0.25, 0.3) is 0 Å². The first kappa shape index (κ1) is 10.1. The summed E-state index contributed by atoms with van der Waals surface area (Å²) in [4.78, 5) is 15.1. The molecule has 5 heteroatoms. The summed E-state index contributed by atoms with van der Waals surface area (Å²) in [6, 6.07) is 4.37. The van der Waals surface area contributed by atoms with Gasteiger partial charge in [-0.2, -0.15) is 0 Å². The van der Waals surface area contributed by atoms with Gasteiger partial charge in [-0.15, -0.1) is 0 Å². The number of hydrogen-bond acceptors (Lipinski definition) is 4. The lowest BCUT2D eigenvalue weighted by atomic mass is 10.2. The third kappa shape index (κ3) is 2.50. The number of carbonyl (C=O) groups is 1. The number of nitrogens with two attached hydrogens (primary N) is 1. The number of carbonyl (C=O) groups excluding carboxylic acids is 1. The van der Waals surface area contributed by atoms with Crippen molar-refractivity contribution in [2.75, 3.05) is 7.11 Å². The molecule has 0 saturated heterocycles. The van der Waals surface area contributed by atoms with Gasteiger partial charge in [0.25, 0.3) is 0 Å². The smallest absolute Gasteiger partial charge is 0.328 e. The summed E-state index contributed by atoms with van der Waals surface area (Å²) < 4.78 is 5.13. The largest absolute Gasteiger partial charge is 0.468 e. The molecule has 0 fully saturated rings. The van der Waals surface area contributed by atoms with Crippen molar-refractivity contribution in [2.24, 2.45) is 5.73 Å². The molecule has 1 atom stereocenters. The Hall–Kier alpha value is -0.940. The number of aromatic nitrogens is 1. The van der Waals surface area contributed by atoms with Gasteiger partial charge in [-0.05, 0) is 28.1 Å². The zero-order valence-corrected chi connectivity index (χ0v) is 8.61. The average Bonchev–Trinajstić information content (AvgIpc) is 2.15. The van der Waals surface area contributed by atoms with Crippen LogP contribution >= 0.6 is 15.9 Å². The average molecular weight is 245 g/mol. The Balaban J connectivity index is 2.88. The summed E-state index contributed by atoms with van der Waals surface area (Å²) in [5.74, 6) is -0.495. The molecule has 0 aromatic carbocycles. The number of pyridine rings is 1. The SMILES string of the molecule is COC(=O)C(N)c1cccc(Br)n1. The van der Waals surface area contributed by atoms with Crippen molar-refractivity contribution >= 4 is 21.9 Å². The lowest BCUT2D eigenvalue weighted by Gasteiger charge is -2.07. The highest BCUT2D eigenvalue weighted by Gasteiger charge is 2.17. The molecule has 1 rings (SSSR count). The van der Waals surface area contributed by atoms with E-state index in [0.29, 0.717) is 10.3 Å². The van der Waals surface area contributed by atoms with Crippen LogP contribution in [0.2, 0.25) is 0 Å². The Morgan fingerprint density at radius 1 is 1.69 bits per heavy atom. The molecule has 0 spiro atoms. The van der Waals surface area contributed by atoms with Gasteiger partial charge in [-0.1, -0.05) is 6.07 Å². The van der Waals surface area contributed by atoms with Gasteiger partial charge in [0.1, 0.15) is 10.6 Å². The maximum Gasteiger partial charge on any atom is 0.328 e. The highest BCUT2D eigenvalue weighted by molar-refractivity contribution is 9.10. The van der Waals surface area contributed by atoms with Crippen molar-refractivity contribution in [1.82, 2.24) is 4.98 Å². The quantitative estimate of drug-likeness (QED) is 0.624. The minimum Gasteiger partial charge on any atom is -0.468 e. The summed E-state index contributed by atoms with van der Waals surface area (Å²) >= 11 is 3.18. The van der Waals surface area contributed by atoms with Crippen LogP contribution in [-0.2, 0) is 9.53 Å². The Bertz CT molecular complexity index is 317. The Labute approximate surface area is 84.2 Å². The van der Waals surface area contributed by atoms with E-state index in [1.165, 1.54) is 7.11 Å². The molecule has 70 valence electrons. The fourth-order valence-corrected chi connectivity index (χ4v) is 1.20. The summed E-state index contributed by atoms with van der Waals surface area (Å²) in [7, 11) is 1.29. The van der Waals surface area contributed by atoms with E-state index in [1.807, 2.05) is 0 Å². The van der Waals surface area contributed by atoms with Gasteiger partial charge in [-0.3, -0.25) is 0 Å². The second-order valence-corrected chi connectivity index (χ2v) is 3.20. The number of nitrogens with zero attached hydrogens (tertiary/aromatic N) is 1. The number of esters is 1. The Morgan fingerprint density at radius 2 is 2.38 bits per heavy atom. The molecule has 0 radical (unpaired) electrons. The van der Waals surface area contributed by atoms with Crippen LogP contribution in [0.4, 0.5) is 0 Å². The predicted octanol–water partition coefficient (Wildman–Crippen LogP) is 1.02. The second-order valence-electron chi connectivity index (χ2n) is 2.39. The van der Waals surface area contributed by atoms with E-state index in [-0.39, 0.29) is 0 Å². The van der Waals surface area contributed by atoms with Crippen molar-refractivity contribution < 1.29 is 9.53 Å². The van der Waals surface area contributed by atoms with Crippen LogP contribution in [0.1, 0.15) is 11.7 Å². The first-order valence-electron chi connectivity index (χ1n) is 3.61. The fraction of sp³-hybridized carbons (Fsp3) is 0.250. The van der Waals surface area contributed by atoms with Gasteiger partial charge in [0, 0.05) is 0 Å². The van der Waals surface area contributed by atoms with Gasteiger partial charge in [0.15, 0.2) is 0 Å². The molecule has 1 aromatic rings. The first-order chi connectivity index (χ1) is 6.15. The molecule has 1 heterocycles. The molecular weight excluding hydrogens is 236 g/mol. The van der Waals surface area contributed by atoms with Gasteiger partial charge >= 0.3 is 5.97 Å². The predicted molar refractivity (Wildman–Crippen MR) is 50.9 cm³/mol. The highest BCUT2D eigenvalue weighted by Crippen LogP contribution is 2.12. The summed E-state index contributed by atoms with van der Waals surface area (Å²) in [5, 5.41) is 0.